The molecule has 0 spiro atoms. The maximum Gasteiger partial charge on any atom is 0.321 e. The molecule has 0 saturated heterocycles. The number of aryl methyl sites for hydroxylation is 1. The number of esters is 1. The van der Waals surface area contributed by atoms with Crippen LogP contribution in [-0.2, 0) is 19.6 Å². The van der Waals surface area contributed by atoms with Gasteiger partial charge in [0, 0.05) is 12.6 Å². The zero-order valence-electron chi connectivity index (χ0n) is 14.6. The normalized spacial score (nSPS) is 11.4. The van der Waals surface area contributed by atoms with Crippen LogP contribution in [0.15, 0.2) is 47.4 Å². The molecule has 0 N–H and O–H groups in total. The van der Waals surface area contributed by atoms with Crippen LogP contribution in [0.25, 0.3) is 0 Å². The lowest BCUT2D eigenvalue weighted by Crippen LogP contribution is -2.33. The Morgan fingerprint density at radius 3 is 2.26 bits per heavy atom. The minimum absolute atomic E-state index is 0.0651. The molecule has 0 aromatic heterocycles. The van der Waals surface area contributed by atoms with E-state index in [0.29, 0.717) is 5.02 Å². The van der Waals surface area contributed by atoms with Gasteiger partial charge in [0.25, 0.3) is 0 Å². The third-order valence-corrected chi connectivity index (χ3v) is 6.24. The van der Waals surface area contributed by atoms with E-state index in [9.17, 15) is 18.0 Å². The van der Waals surface area contributed by atoms with E-state index >= 15 is 0 Å². The molecule has 27 heavy (non-hydrogen) atoms. The molecular formula is C18H17Cl2NO5S. The molecule has 0 radical (unpaired) electrons. The maximum atomic E-state index is 12.4. The molecule has 0 fully saturated rings. The van der Waals surface area contributed by atoms with Crippen molar-refractivity contribution in [3.8, 4) is 0 Å². The van der Waals surface area contributed by atoms with E-state index in [-0.39, 0.29) is 15.5 Å². The zero-order chi connectivity index (χ0) is 20.2. The Bertz CT molecular complexity index is 958. The SMILES string of the molecule is Cc1ccc(S(=O)(=O)N(C)CC(=O)OCC(=O)c2ccc(Cl)c(Cl)c2)cc1. The van der Waals surface area contributed by atoms with Crippen molar-refractivity contribution in [2.75, 3.05) is 20.2 Å². The first-order valence-corrected chi connectivity index (χ1v) is 9.97. The number of sulfonamides is 1. The molecule has 2 aromatic carbocycles. The number of hydrogen-bond donors (Lipinski definition) is 0. The molecule has 9 heteroatoms. The smallest absolute Gasteiger partial charge is 0.321 e. The van der Waals surface area contributed by atoms with Crippen molar-refractivity contribution in [1.29, 1.82) is 0 Å². The first-order chi connectivity index (χ1) is 12.6. The number of ether oxygens (including phenoxy) is 1. The molecule has 0 unspecified atom stereocenters. The van der Waals surface area contributed by atoms with E-state index in [1.165, 1.54) is 37.4 Å². The van der Waals surface area contributed by atoms with Gasteiger partial charge in [-0.3, -0.25) is 9.59 Å². The first-order valence-electron chi connectivity index (χ1n) is 7.78. The van der Waals surface area contributed by atoms with E-state index in [1.807, 2.05) is 6.92 Å². The molecule has 2 aromatic rings. The van der Waals surface area contributed by atoms with Crippen LogP contribution in [0.2, 0.25) is 10.0 Å². The molecule has 0 saturated carbocycles. The van der Waals surface area contributed by atoms with Crippen LogP contribution in [0, 0.1) is 6.92 Å². The second-order valence-corrected chi connectivity index (χ2v) is 8.65. The van der Waals surface area contributed by atoms with Gasteiger partial charge < -0.3 is 4.74 Å². The minimum Gasteiger partial charge on any atom is -0.456 e. The average Bonchev–Trinajstić information content (AvgIpc) is 2.62. The Labute approximate surface area is 167 Å². The Balaban J connectivity index is 1.95. The number of carbonyl (C=O) groups excluding carboxylic acids is 2. The third kappa shape index (κ3) is 5.52. The van der Waals surface area contributed by atoms with Crippen LogP contribution in [0.1, 0.15) is 15.9 Å². The number of hydrogen-bond acceptors (Lipinski definition) is 5. The zero-order valence-corrected chi connectivity index (χ0v) is 16.9. The highest BCUT2D eigenvalue weighted by Crippen LogP contribution is 2.22. The summed E-state index contributed by atoms with van der Waals surface area (Å²) < 4.78 is 30.6. The fraction of sp³-hybridized carbons (Fsp3) is 0.222. The van der Waals surface area contributed by atoms with Crippen LogP contribution >= 0.6 is 23.2 Å². The Morgan fingerprint density at radius 1 is 1.04 bits per heavy atom. The molecule has 2 rings (SSSR count). The van der Waals surface area contributed by atoms with Crippen molar-refractivity contribution < 1.29 is 22.7 Å². The summed E-state index contributed by atoms with van der Waals surface area (Å²) in [5.41, 5.74) is 1.15. The first kappa shape index (κ1) is 21.4. The van der Waals surface area contributed by atoms with Gasteiger partial charge in [-0.2, -0.15) is 4.31 Å². The average molecular weight is 430 g/mol. The van der Waals surface area contributed by atoms with Gasteiger partial charge in [-0.15, -0.1) is 0 Å². The highest BCUT2D eigenvalue weighted by Gasteiger charge is 2.24. The predicted octanol–water partition coefficient (Wildman–Crippen LogP) is 3.35. The molecule has 0 aliphatic rings. The number of benzene rings is 2. The van der Waals surface area contributed by atoms with Crippen molar-refractivity contribution in [3.05, 3.63) is 63.6 Å². The summed E-state index contributed by atoms with van der Waals surface area (Å²) in [6.45, 7) is 0.780. The third-order valence-electron chi connectivity index (χ3n) is 3.69. The standard InChI is InChI=1S/C18H17Cl2NO5S/c1-12-3-6-14(7-4-12)27(24,25)21(2)10-18(23)26-11-17(22)13-5-8-15(19)16(20)9-13/h3-9H,10-11H2,1-2H3. The lowest BCUT2D eigenvalue weighted by atomic mass is 10.1. The summed E-state index contributed by atoms with van der Waals surface area (Å²) in [4.78, 5) is 24.0. The quantitative estimate of drug-likeness (QED) is 0.497. The molecule has 0 aliphatic carbocycles. The van der Waals surface area contributed by atoms with Crippen LogP contribution < -0.4 is 0 Å². The molecule has 0 atom stereocenters. The summed E-state index contributed by atoms with van der Waals surface area (Å²) in [5.74, 6) is -1.33. The number of carbonyl (C=O) groups is 2. The molecule has 0 amide bonds. The van der Waals surface area contributed by atoms with Gasteiger partial charge in [-0.05, 0) is 37.3 Å². The van der Waals surface area contributed by atoms with Crippen LogP contribution in [0.3, 0.4) is 0 Å². The number of ketones is 1. The van der Waals surface area contributed by atoms with Gasteiger partial charge in [-0.1, -0.05) is 40.9 Å². The van der Waals surface area contributed by atoms with Gasteiger partial charge in [0.2, 0.25) is 10.0 Å². The van der Waals surface area contributed by atoms with Gasteiger partial charge in [0.1, 0.15) is 6.54 Å². The Morgan fingerprint density at radius 2 is 1.67 bits per heavy atom. The number of rotatable bonds is 7. The molecular weight excluding hydrogens is 413 g/mol. The molecule has 0 heterocycles. The van der Waals surface area contributed by atoms with Crippen molar-refractivity contribution in [3.63, 3.8) is 0 Å². The van der Waals surface area contributed by atoms with Crippen LogP contribution in [-0.4, -0.2) is 44.7 Å². The lowest BCUT2D eigenvalue weighted by molar-refractivity contribution is -0.142. The highest BCUT2D eigenvalue weighted by molar-refractivity contribution is 7.89. The van der Waals surface area contributed by atoms with E-state index < -0.39 is 34.9 Å². The maximum absolute atomic E-state index is 12.4. The number of Topliss-reactive ketones (excluding diaryl/α,β-unsaturated/α-hetero) is 1. The second kappa shape index (κ2) is 8.84. The summed E-state index contributed by atoms with van der Waals surface area (Å²) in [5, 5.41) is 0.505. The number of likely N-dealkylation sites (N-methyl/N-ethyl adjacent to an activating group) is 1. The van der Waals surface area contributed by atoms with E-state index in [4.69, 9.17) is 27.9 Å². The van der Waals surface area contributed by atoms with Gasteiger partial charge in [-0.25, -0.2) is 8.42 Å². The Hall–Kier alpha value is -1.93. The van der Waals surface area contributed by atoms with Gasteiger partial charge in [0.05, 0.1) is 14.9 Å². The molecule has 144 valence electrons. The molecule has 6 nitrogen and oxygen atoms in total. The lowest BCUT2D eigenvalue weighted by Gasteiger charge is -2.16. The summed E-state index contributed by atoms with van der Waals surface area (Å²) in [7, 11) is -2.58. The largest absolute Gasteiger partial charge is 0.456 e. The van der Waals surface area contributed by atoms with Gasteiger partial charge >= 0.3 is 5.97 Å². The van der Waals surface area contributed by atoms with Gasteiger partial charge in [0.15, 0.2) is 12.4 Å². The van der Waals surface area contributed by atoms with E-state index in [2.05, 4.69) is 0 Å². The summed E-state index contributed by atoms with van der Waals surface area (Å²) >= 11 is 11.6. The van der Waals surface area contributed by atoms with Crippen LogP contribution in [0.4, 0.5) is 0 Å². The minimum atomic E-state index is -3.84. The van der Waals surface area contributed by atoms with E-state index in [1.54, 1.807) is 12.1 Å². The van der Waals surface area contributed by atoms with Crippen molar-refractivity contribution in [2.45, 2.75) is 11.8 Å². The van der Waals surface area contributed by atoms with Crippen LogP contribution in [0.5, 0.6) is 0 Å². The predicted molar refractivity (Wildman–Crippen MR) is 103 cm³/mol. The fourth-order valence-electron chi connectivity index (χ4n) is 2.10. The van der Waals surface area contributed by atoms with Crippen molar-refractivity contribution >= 4 is 45.0 Å². The molecule has 0 aliphatic heterocycles. The van der Waals surface area contributed by atoms with Crippen molar-refractivity contribution in [1.82, 2.24) is 4.31 Å². The summed E-state index contributed by atoms with van der Waals surface area (Å²) in [6, 6.07) is 10.5. The monoisotopic (exact) mass is 429 g/mol. The second-order valence-electron chi connectivity index (χ2n) is 5.79. The van der Waals surface area contributed by atoms with Crippen molar-refractivity contribution in [2.24, 2.45) is 0 Å². The Kier molecular flexibility index (Phi) is 7.00. The topological polar surface area (TPSA) is 80.8 Å². The number of nitrogens with zero attached hydrogens (tertiary/aromatic N) is 1. The summed E-state index contributed by atoms with van der Waals surface area (Å²) in [6.07, 6.45) is 0. The number of halogens is 2. The highest BCUT2D eigenvalue weighted by atomic mass is 35.5. The molecule has 0 bridgehead atoms. The van der Waals surface area contributed by atoms with E-state index in [0.717, 1.165) is 9.87 Å². The fourth-order valence-corrected chi connectivity index (χ4v) is 3.51.